The summed E-state index contributed by atoms with van der Waals surface area (Å²) in [5, 5.41) is 9.19. The van der Waals surface area contributed by atoms with Crippen molar-refractivity contribution in [3.63, 3.8) is 0 Å². The molecule has 13 heavy (non-hydrogen) atoms. The lowest BCUT2D eigenvalue weighted by Gasteiger charge is -2.03. The normalized spacial score (nSPS) is 10.2. The van der Waals surface area contributed by atoms with Crippen molar-refractivity contribution >= 4 is 5.69 Å². The molecule has 0 unspecified atom stereocenters. The van der Waals surface area contributed by atoms with Crippen LogP contribution in [0, 0.1) is 0 Å². The number of imidazole rings is 1. The van der Waals surface area contributed by atoms with E-state index < -0.39 is 0 Å². The quantitative estimate of drug-likeness (QED) is 0.505. The third kappa shape index (κ3) is 1.33. The summed E-state index contributed by atoms with van der Waals surface area (Å²) in [6.45, 7) is 0. The predicted octanol–water partition coefficient (Wildman–Crippen LogP) is 1.16. The van der Waals surface area contributed by atoms with Crippen LogP contribution in [0.3, 0.4) is 0 Å². The Hall–Kier alpha value is -1.97. The summed E-state index contributed by atoms with van der Waals surface area (Å²) >= 11 is 0. The zero-order valence-corrected chi connectivity index (χ0v) is 6.88. The molecule has 4 heteroatoms. The molecule has 0 bridgehead atoms. The Kier molecular flexibility index (Phi) is 1.66. The highest BCUT2D eigenvalue weighted by atomic mass is 16.3. The number of anilines is 1. The van der Waals surface area contributed by atoms with Crippen molar-refractivity contribution in [2.45, 2.75) is 0 Å². The molecule has 0 atom stereocenters. The number of aromatic nitrogens is 2. The number of nitrogens with two attached hydrogens (primary N) is 1. The van der Waals surface area contributed by atoms with Gasteiger partial charge in [-0.3, -0.25) is 0 Å². The van der Waals surface area contributed by atoms with Gasteiger partial charge < -0.3 is 15.4 Å². The highest BCUT2D eigenvalue weighted by Gasteiger charge is 1.99. The average Bonchev–Trinajstić information content (AvgIpc) is 2.62. The standard InChI is InChI=1S/C9H9N3O/c10-8-5-7(1-2-9(8)13)12-4-3-11-6-12/h1-6,13H,10H2. The fourth-order valence-corrected chi connectivity index (χ4v) is 1.11. The highest BCUT2D eigenvalue weighted by Crippen LogP contribution is 2.22. The number of nitrogens with zero attached hydrogens (tertiary/aromatic N) is 2. The maximum atomic E-state index is 9.19. The highest BCUT2D eigenvalue weighted by molar-refractivity contribution is 5.57. The molecule has 0 saturated carbocycles. The summed E-state index contributed by atoms with van der Waals surface area (Å²) in [7, 11) is 0. The maximum absolute atomic E-state index is 9.19. The smallest absolute Gasteiger partial charge is 0.138 e. The predicted molar refractivity (Wildman–Crippen MR) is 49.6 cm³/mol. The molecule has 1 aromatic carbocycles. The Morgan fingerprint density at radius 1 is 1.38 bits per heavy atom. The lowest BCUT2D eigenvalue weighted by molar-refractivity contribution is 0.478. The van der Waals surface area contributed by atoms with Gasteiger partial charge in [0.1, 0.15) is 5.75 Å². The van der Waals surface area contributed by atoms with Crippen LogP contribution in [0.5, 0.6) is 5.75 Å². The minimum Gasteiger partial charge on any atom is -0.506 e. The van der Waals surface area contributed by atoms with Crippen LogP contribution in [-0.4, -0.2) is 14.7 Å². The molecule has 0 fully saturated rings. The van der Waals surface area contributed by atoms with Gasteiger partial charge in [0.05, 0.1) is 12.0 Å². The Morgan fingerprint density at radius 2 is 2.23 bits per heavy atom. The number of benzene rings is 1. The molecule has 0 spiro atoms. The van der Waals surface area contributed by atoms with E-state index in [1.165, 1.54) is 0 Å². The van der Waals surface area contributed by atoms with Crippen LogP contribution in [-0.2, 0) is 0 Å². The zero-order chi connectivity index (χ0) is 9.26. The monoisotopic (exact) mass is 175 g/mol. The second-order valence-electron chi connectivity index (χ2n) is 2.71. The number of hydrogen-bond donors (Lipinski definition) is 2. The third-order valence-corrected chi connectivity index (χ3v) is 1.81. The molecule has 66 valence electrons. The Morgan fingerprint density at radius 3 is 2.85 bits per heavy atom. The topological polar surface area (TPSA) is 64.1 Å². The minimum atomic E-state index is 0.101. The van der Waals surface area contributed by atoms with Crippen molar-refractivity contribution in [1.29, 1.82) is 0 Å². The molecule has 1 heterocycles. The van der Waals surface area contributed by atoms with Crippen LogP contribution in [0.2, 0.25) is 0 Å². The van der Waals surface area contributed by atoms with E-state index in [1.807, 2.05) is 10.8 Å². The van der Waals surface area contributed by atoms with Crippen LogP contribution in [0.15, 0.2) is 36.9 Å². The van der Waals surface area contributed by atoms with Crippen LogP contribution in [0.1, 0.15) is 0 Å². The molecule has 2 aromatic rings. The van der Waals surface area contributed by atoms with Crippen molar-refractivity contribution in [3.05, 3.63) is 36.9 Å². The second kappa shape index (κ2) is 2.82. The lowest BCUT2D eigenvalue weighted by atomic mass is 10.2. The summed E-state index contributed by atoms with van der Waals surface area (Å²) < 4.78 is 1.82. The fourth-order valence-electron chi connectivity index (χ4n) is 1.11. The van der Waals surface area contributed by atoms with E-state index in [1.54, 1.807) is 30.7 Å². The Bertz CT molecular complexity index is 409. The first kappa shape index (κ1) is 7.67. The van der Waals surface area contributed by atoms with E-state index in [-0.39, 0.29) is 5.75 Å². The van der Waals surface area contributed by atoms with E-state index >= 15 is 0 Å². The zero-order valence-electron chi connectivity index (χ0n) is 6.88. The van der Waals surface area contributed by atoms with Crippen LogP contribution in [0.25, 0.3) is 5.69 Å². The second-order valence-corrected chi connectivity index (χ2v) is 2.71. The van der Waals surface area contributed by atoms with E-state index in [4.69, 9.17) is 5.73 Å². The largest absolute Gasteiger partial charge is 0.506 e. The maximum Gasteiger partial charge on any atom is 0.138 e. The number of nitrogen functional groups attached to an aromatic ring is 1. The number of hydrogen-bond acceptors (Lipinski definition) is 3. The van der Waals surface area contributed by atoms with Gasteiger partial charge >= 0.3 is 0 Å². The first-order valence-electron chi connectivity index (χ1n) is 3.84. The van der Waals surface area contributed by atoms with Crippen molar-refractivity contribution < 1.29 is 5.11 Å². The van der Waals surface area contributed by atoms with Gasteiger partial charge in [-0.2, -0.15) is 0 Å². The van der Waals surface area contributed by atoms with Crippen molar-refractivity contribution in [1.82, 2.24) is 9.55 Å². The Balaban J connectivity index is 2.49. The summed E-state index contributed by atoms with van der Waals surface area (Å²) in [4.78, 5) is 3.91. The third-order valence-electron chi connectivity index (χ3n) is 1.81. The summed E-state index contributed by atoms with van der Waals surface area (Å²) in [6, 6.07) is 5.02. The van der Waals surface area contributed by atoms with Gasteiger partial charge in [-0.05, 0) is 18.2 Å². The first-order chi connectivity index (χ1) is 6.27. The van der Waals surface area contributed by atoms with Gasteiger partial charge in [-0.25, -0.2) is 4.98 Å². The molecule has 0 amide bonds. The molecule has 0 aliphatic heterocycles. The lowest BCUT2D eigenvalue weighted by Crippen LogP contribution is -1.92. The van der Waals surface area contributed by atoms with Crippen LogP contribution in [0.4, 0.5) is 5.69 Å². The van der Waals surface area contributed by atoms with E-state index in [0.29, 0.717) is 5.69 Å². The van der Waals surface area contributed by atoms with Gasteiger partial charge in [0.25, 0.3) is 0 Å². The summed E-state index contributed by atoms with van der Waals surface area (Å²) in [6.07, 6.45) is 5.17. The van der Waals surface area contributed by atoms with Crippen LogP contribution >= 0.6 is 0 Å². The van der Waals surface area contributed by atoms with Gasteiger partial charge in [0.15, 0.2) is 0 Å². The van der Waals surface area contributed by atoms with Crippen molar-refractivity contribution in [2.24, 2.45) is 0 Å². The molecule has 2 rings (SSSR count). The van der Waals surface area contributed by atoms with Crippen molar-refractivity contribution in [2.75, 3.05) is 5.73 Å². The first-order valence-corrected chi connectivity index (χ1v) is 3.84. The molecule has 4 nitrogen and oxygen atoms in total. The van der Waals surface area contributed by atoms with Crippen LogP contribution < -0.4 is 5.73 Å². The van der Waals surface area contributed by atoms with Gasteiger partial charge in [0.2, 0.25) is 0 Å². The fraction of sp³-hybridized carbons (Fsp3) is 0. The molecule has 3 N–H and O–H groups in total. The number of aromatic hydroxyl groups is 1. The SMILES string of the molecule is Nc1cc(-n2ccnc2)ccc1O. The van der Waals surface area contributed by atoms with Crippen molar-refractivity contribution in [3.8, 4) is 11.4 Å². The molecule has 0 aliphatic carbocycles. The Labute approximate surface area is 75.3 Å². The van der Waals surface area contributed by atoms with E-state index in [9.17, 15) is 5.11 Å². The average molecular weight is 175 g/mol. The summed E-state index contributed by atoms with van der Waals surface area (Å²) in [5.41, 5.74) is 6.79. The molecule has 1 aromatic heterocycles. The van der Waals surface area contributed by atoms with E-state index in [0.717, 1.165) is 5.69 Å². The van der Waals surface area contributed by atoms with Gasteiger partial charge in [-0.1, -0.05) is 0 Å². The number of phenolic OH excluding ortho intramolecular Hbond substituents is 1. The number of rotatable bonds is 1. The van der Waals surface area contributed by atoms with Gasteiger partial charge in [0, 0.05) is 18.1 Å². The number of phenols is 1. The summed E-state index contributed by atoms with van der Waals surface area (Å²) in [5.74, 6) is 0.101. The molecule has 0 radical (unpaired) electrons. The molecule has 0 aliphatic rings. The molecular formula is C9H9N3O. The molecule has 0 saturated heterocycles. The molecular weight excluding hydrogens is 166 g/mol. The minimum absolute atomic E-state index is 0.101. The van der Waals surface area contributed by atoms with E-state index in [2.05, 4.69) is 4.98 Å². The van der Waals surface area contributed by atoms with Gasteiger partial charge in [-0.15, -0.1) is 0 Å².